The summed E-state index contributed by atoms with van der Waals surface area (Å²) in [5.41, 5.74) is 9.27. The van der Waals surface area contributed by atoms with Crippen LogP contribution >= 0.6 is 11.3 Å². The highest BCUT2D eigenvalue weighted by molar-refractivity contribution is 7.10. The van der Waals surface area contributed by atoms with Gasteiger partial charge in [-0.05, 0) is 68.9 Å². The van der Waals surface area contributed by atoms with Gasteiger partial charge in [-0.25, -0.2) is 15.2 Å². The van der Waals surface area contributed by atoms with Gasteiger partial charge in [0.1, 0.15) is 18.1 Å². The number of ether oxygens (including phenoxy) is 3. The van der Waals surface area contributed by atoms with E-state index >= 15 is 0 Å². The van der Waals surface area contributed by atoms with Gasteiger partial charge in [0.25, 0.3) is 5.91 Å². The first-order valence-corrected chi connectivity index (χ1v) is 24.5. The fourth-order valence-corrected chi connectivity index (χ4v) is 10.7. The molecule has 5 amide bonds. The van der Waals surface area contributed by atoms with E-state index in [1.165, 1.54) is 21.2 Å². The monoisotopic (exact) mass is 939 g/mol. The number of cyclic esters (lactones) is 1. The number of esters is 1. The van der Waals surface area contributed by atoms with Crippen LogP contribution in [-0.4, -0.2) is 149 Å². The third kappa shape index (κ3) is 9.94. The molecule has 67 heavy (non-hydrogen) atoms. The average Bonchev–Trinajstić information content (AvgIpc) is 3.90. The summed E-state index contributed by atoms with van der Waals surface area (Å²) in [5, 5.41) is 8.12. The second-order valence-electron chi connectivity index (χ2n) is 19.4. The fraction of sp³-hybridized carbons (Fsp3) is 0.571. The van der Waals surface area contributed by atoms with E-state index in [1.54, 1.807) is 30.2 Å². The fourth-order valence-electron chi connectivity index (χ4n) is 9.84. The number of piperazine rings is 1. The summed E-state index contributed by atoms with van der Waals surface area (Å²) in [6, 6.07) is 7.29. The van der Waals surface area contributed by atoms with E-state index in [1.807, 2.05) is 32.2 Å². The number of hydrazine groups is 1. The molecule has 8 rings (SSSR count). The Morgan fingerprint density at radius 3 is 2.49 bits per heavy atom. The lowest BCUT2D eigenvalue weighted by Crippen LogP contribution is -2.63. The van der Waals surface area contributed by atoms with Crippen molar-refractivity contribution in [3.8, 4) is 22.5 Å². The molecule has 0 radical (unpaired) electrons. The van der Waals surface area contributed by atoms with Crippen molar-refractivity contribution in [3.05, 3.63) is 58.2 Å². The molecule has 2 N–H and O–H groups in total. The standard InChI is InChI=1S/C49H65N9O8S/c1-9-57-39-15-14-31-22-34(39)35(43(57)33-12-10-16-50-41(33)30(4)64-8)24-49(5,6)28-66-47(62)36-13-11-17-58(53-36)46(61)37(23-40-51-38(31)27-67-40)52-44(59)42(29(2)3)54(7)48(63)56-20-18-55(19-21-56)45(60)32-25-65-26-32/h10,12,14-16,22,27,29-30,32,36-37,42,53H,9,11,13,17-21,23-26,28H2,1-8H3,(H,52,59)/t30-,36-,37-,42?/m0/s1. The van der Waals surface area contributed by atoms with E-state index in [0.29, 0.717) is 76.8 Å². The van der Waals surface area contributed by atoms with Crippen LogP contribution in [0.1, 0.15) is 76.8 Å². The first-order valence-electron chi connectivity index (χ1n) is 23.6. The van der Waals surface area contributed by atoms with E-state index in [4.69, 9.17) is 24.2 Å². The number of hydrogen-bond acceptors (Lipinski definition) is 12. The summed E-state index contributed by atoms with van der Waals surface area (Å²) < 4.78 is 19.4. The molecule has 4 atom stereocenters. The van der Waals surface area contributed by atoms with Gasteiger partial charge >= 0.3 is 12.0 Å². The lowest BCUT2D eigenvalue weighted by atomic mass is 9.84. The number of urea groups is 1. The van der Waals surface area contributed by atoms with Crippen LogP contribution in [0.5, 0.6) is 0 Å². The van der Waals surface area contributed by atoms with Gasteiger partial charge in [-0.3, -0.25) is 29.2 Å². The summed E-state index contributed by atoms with van der Waals surface area (Å²) in [4.78, 5) is 84.7. The van der Waals surface area contributed by atoms with Gasteiger partial charge in [-0.2, -0.15) is 0 Å². The lowest BCUT2D eigenvalue weighted by Gasteiger charge is -2.41. The number of thiazole rings is 1. The maximum Gasteiger partial charge on any atom is 0.324 e. The predicted octanol–water partition coefficient (Wildman–Crippen LogP) is 5.07. The van der Waals surface area contributed by atoms with Crippen LogP contribution in [0.3, 0.4) is 0 Å². The summed E-state index contributed by atoms with van der Waals surface area (Å²) in [6.07, 6.45) is 3.19. The van der Waals surface area contributed by atoms with Gasteiger partial charge in [0.15, 0.2) is 0 Å². The highest BCUT2D eigenvalue weighted by Gasteiger charge is 2.40. The van der Waals surface area contributed by atoms with E-state index in [9.17, 15) is 24.0 Å². The lowest BCUT2D eigenvalue weighted by molar-refractivity contribution is -0.155. The SMILES string of the molecule is CCn1c(-c2cccnc2[C@H](C)OC)c2c3cc(ccc31)-c1csc(n1)C[C@H](NC(=O)C(C(C)C)N(C)C(=O)N1CCN(C(=O)C3COC3)CC1)C(=O)N1CCC[C@H](N1)C(=O)OCC(C)(C)C2. The average molecular weight is 940 g/mol. The van der Waals surface area contributed by atoms with Crippen LogP contribution in [0.25, 0.3) is 33.4 Å². The summed E-state index contributed by atoms with van der Waals surface area (Å²) >= 11 is 1.41. The normalized spacial score (nSPS) is 21.4. The third-order valence-electron chi connectivity index (χ3n) is 13.6. The van der Waals surface area contributed by atoms with Crippen LogP contribution < -0.4 is 10.7 Å². The highest BCUT2D eigenvalue weighted by Crippen LogP contribution is 2.42. The first-order chi connectivity index (χ1) is 32.1. The van der Waals surface area contributed by atoms with Crippen molar-refractivity contribution in [2.75, 3.05) is 66.7 Å². The number of amides is 5. The quantitative estimate of drug-likeness (QED) is 0.214. The number of nitrogens with zero attached hydrogens (tertiary/aromatic N) is 7. The van der Waals surface area contributed by atoms with Gasteiger partial charge in [0.05, 0.1) is 53.9 Å². The summed E-state index contributed by atoms with van der Waals surface area (Å²) in [6.45, 7) is 15.5. The van der Waals surface area contributed by atoms with Crippen LogP contribution in [0.2, 0.25) is 0 Å². The Labute approximate surface area is 396 Å². The van der Waals surface area contributed by atoms with E-state index in [0.717, 1.165) is 44.7 Å². The van der Waals surface area contributed by atoms with Gasteiger partial charge in [0, 0.05) is 98.9 Å². The molecule has 17 nitrogen and oxygen atoms in total. The number of methoxy groups -OCH3 is 1. The molecular weight excluding hydrogens is 875 g/mol. The number of rotatable bonds is 9. The molecule has 0 aliphatic carbocycles. The second kappa shape index (κ2) is 20.0. The number of carbonyl (C=O) groups is 5. The molecule has 4 aromatic rings. The molecule has 0 saturated carbocycles. The van der Waals surface area contributed by atoms with E-state index in [-0.39, 0.29) is 42.9 Å². The third-order valence-corrected chi connectivity index (χ3v) is 14.5. The Bertz CT molecular complexity index is 2490. The van der Waals surface area contributed by atoms with Crippen molar-refractivity contribution < 1.29 is 38.2 Å². The first kappa shape index (κ1) is 48.0. The Balaban J connectivity index is 1.12. The molecule has 18 heteroatoms. The predicted molar refractivity (Wildman–Crippen MR) is 254 cm³/mol. The van der Waals surface area contributed by atoms with Crippen LogP contribution in [0.4, 0.5) is 4.79 Å². The van der Waals surface area contributed by atoms with E-state index in [2.05, 4.69) is 60.3 Å². The number of fused-ring (bicyclic) bond motifs is 6. The molecule has 3 fully saturated rings. The minimum atomic E-state index is -1.08. The van der Waals surface area contributed by atoms with Crippen molar-refractivity contribution in [2.45, 2.75) is 98.0 Å². The number of pyridine rings is 1. The number of carbonyl (C=O) groups excluding carboxylic acids is 5. The smallest absolute Gasteiger partial charge is 0.324 e. The molecular formula is C49H65N9O8S. The zero-order chi connectivity index (χ0) is 47.7. The van der Waals surface area contributed by atoms with Crippen molar-refractivity contribution in [2.24, 2.45) is 17.3 Å². The molecule has 6 bridgehead atoms. The Kier molecular flexibility index (Phi) is 14.4. The molecule has 4 aliphatic heterocycles. The molecule has 360 valence electrons. The van der Waals surface area contributed by atoms with Gasteiger partial charge in [0.2, 0.25) is 11.8 Å². The largest absolute Gasteiger partial charge is 0.464 e. The highest BCUT2D eigenvalue weighted by atomic mass is 32.1. The summed E-state index contributed by atoms with van der Waals surface area (Å²) in [5.74, 6) is -1.76. The van der Waals surface area contributed by atoms with Gasteiger partial charge in [-0.1, -0.05) is 33.8 Å². The minimum absolute atomic E-state index is 0.0442. The van der Waals surface area contributed by atoms with Crippen molar-refractivity contribution in [1.82, 2.24) is 45.0 Å². The topological polar surface area (TPSA) is 181 Å². The second-order valence-corrected chi connectivity index (χ2v) is 20.3. The molecule has 0 spiro atoms. The number of aromatic nitrogens is 3. The zero-order valence-corrected chi connectivity index (χ0v) is 40.8. The molecule has 7 heterocycles. The number of nitrogens with one attached hydrogen (secondary N) is 2. The zero-order valence-electron chi connectivity index (χ0n) is 40.0. The van der Waals surface area contributed by atoms with Crippen molar-refractivity contribution in [3.63, 3.8) is 0 Å². The molecule has 3 saturated heterocycles. The van der Waals surface area contributed by atoms with Crippen LogP contribution in [0, 0.1) is 17.3 Å². The molecule has 1 unspecified atom stereocenters. The van der Waals surface area contributed by atoms with Gasteiger partial charge < -0.3 is 38.8 Å². The Morgan fingerprint density at radius 1 is 1.06 bits per heavy atom. The number of aryl methyl sites for hydroxylation is 1. The van der Waals surface area contributed by atoms with E-state index < -0.39 is 41.3 Å². The summed E-state index contributed by atoms with van der Waals surface area (Å²) in [7, 11) is 3.29. The Morgan fingerprint density at radius 2 is 1.81 bits per heavy atom. The maximum atomic E-state index is 14.7. The van der Waals surface area contributed by atoms with Crippen LogP contribution in [-0.2, 0) is 52.8 Å². The number of likely N-dealkylation sites (N-methyl/N-ethyl adjacent to an activating group) is 1. The van der Waals surface area contributed by atoms with Crippen molar-refractivity contribution in [1.29, 1.82) is 0 Å². The molecule has 4 aliphatic rings. The number of hydrogen-bond donors (Lipinski definition) is 2. The van der Waals surface area contributed by atoms with Crippen molar-refractivity contribution >= 4 is 52.0 Å². The van der Waals surface area contributed by atoms with Crippen LogP contribution in [0.15, 0.2) is 41.9 Å². The number of benzene rings is 1. The molecule has 3 aromatic heterocycles. The minimum Gasteiger partial charge on any atom is -0.464 e. The van der Waals surface area contributed by atoms with Gasteiger partial charge in [-0.15, -0.1) is 11.3 Å². The Hall–Kier alpha value is -5.43. The maximum absolute atomic E-state index is 14.7. The molecule has 1 aromatic carbocycles.